The minimum atomic E-state index is -0.993. The van der Waals surface area contributed by atoms with Crippen LogP contribution in [0.3, 0.4) is 0 Å². The van der Waals surface area contributed by atoms with Crippen molar-refractivity contribution < 1.29 is 9.90 Å². The summed E-state index contributed by atoms with van der Waals surface area (Å²) in [6, 6.07) is -0.830. The molecular formula is C6H8ClN3O2S2. The quantitative estimate of drug-likeness (QED) is 0.808. The zero-order chi connectivity index (χ0) is 10.6. The van der Waals surface area contributed by atoms with E-state index in [0.29, 0.717) is 16.0 Å². The lowest BCUT2D eigenvalue weighted by atomic mass is 10.4. The van der Waals surface area contributed by atoms with Gasteiger partial charge in [-0.25, -0.2) is 0 Å². The normalized spacial score (nSPS) is 12.7. The molecule has 1 rings (SSSR count). The van der Waals surface area contributed by atoms with E-state index in [1.54, 1.807) is 0 Å². The molecule has 78 valence electrons. The fourth-order valence-corrected chi connectivity index (χ4v) is 2.53. The van der Waals surface area contributed by atoms with Gasteiger partial charge < -0.3 is 10.8 Å². The van der Waals surface area contributed by atoms with Gasteiger partial charge in [0, 0.05) is 11.5 Å². The van der Waals surface area contributed by atoms with Gasteiger partial charge in [-0.3, -0.25) is 4.79 Å². The molecule has 1 aromatic rings. The zero-order valence-corrected chi connectivity index (χ0v) is 9.40. The number of carboxylic acids is 1. The first-order valence-electron chi connectivity index (χ1n) is 3.63. The van der Waals surface area contributed by atoms with Crippen LogP contribution in [0.2, 0.25) is 4.47 Å². The van der Waals surface area contributed by atoms with Crippen LogP contribution in [0.1, 0.15) is 5.01 Å². The van der Waals surface area contributed by atoms with Crippen molar-refractivity contribution in [3.05, 3.63) is 9.47 Å². The summed E-state index contributed by atoms with van der Waals surface area (Å²) in [5, 5.41) is 16.7. The van der Waals surface area contributed by atoms with Gasteiger partial charge in [-0.1, -0.05) is 11.3 Å². The minimum absolute atomic E-state index is 0.354. The van der Waals surface area contributed by atoms with E-state index >= 15 is 0 Å². The van der Waals surface area contributed by atoms with Crippen molar-refractivity contribution in [1.29, 1.82) is 0 Å². The van der Waals surface area contributed by atoms with Gasteiger partial charge >= 0.3 is 5.97 Å². The third-order valence-electron chi connectivity index (χ3n) is 1.28. The third kappa shape index (κ3) is 3.79. The van der Waals surface area contributed by atoms with Gasteiger partial charge in [-0.15, -0.1) is 10.2 Å². The van der Waals surface area contributed by atoms with E-state index in [1.165, 1.54) is 23.1 Å². The second-order valence-electron chi connectivity index (χ2n) is 2.41. The molecule has 14 heavy (non-hydrogen) atoms. The molecule has 8 heteroatoms. The Kier molecular flexibility index (Phi) is 4.59. The van der Waals surface area contributed by atoms with E-state index in [4.69, 9.17) is 22.4 Å². The van der Waals surface area contributed by atoms with E-state index in [9.17, 15) is 4.79 Å². The lowest BCUT2D eigenvalue weighted by Crippen LogP contribution is -2.32. The molecule has 5 nitrogen and oxygen atoms in total. The van der Waals surface area contributed by atoms with E-state index in [1.807, 2.05) is 0 Å². The number of hydrogen-bond acceptors (Lipinski definition) is 6. The topological polar surface area (TPSA) is 89.1 Å². The van der Waals surface area contributed by atoms with Crippen molar-refractivity contribution in [2.24, 2.45) is 5.73 Å². The minimum Gasteiger partial charge on any atom is -0.480 e. The van der Waals surface area contributed by atoms with Crippen LogP contribution < -0.4 is 5.73 Å². The van der Waals surface area contributed by atoms with Crippen molar-refractivity contribution >= 4 is 40.7 Å². The maximum Gasteiger partial charge on any atom is 0.321 e. The molecule has 0 aromatic carbocycles. The predicted octanol–water partition coefficient (Wildman–Crippen LogP) is 0.837. The highest BCUT2D eigenvalue weighted by atomic mass is 35.5. The Morgan fingerprint density at radius 2 is 2.43 bits per heavy atom. The van der Waals surface area contributed by atoms with Crippen molar-refractivity contribution in [3.63, 3.8) is 0 Å². The van der Waals surface area contributed by atoms with Crippen LogP contribution in [0.5, 0.6) is 0 Å². The molecule has 0 amide bonds. The van der Waals surface area contributed by atoms with Crippen LogP contribution in [-0.2, 0) is 10.5 Å². The summed E-state index contributed by atoms with van der Waals surface area (Å²) < 4.78 is 0.392. The molecule has 0 saturated carbocycles. The molecule has 0 aliphatic rings. The van der Waals surface area contributed by atoms with Gasteiger partial charge in [-0.2, -0.15) is 11.8 Å². The number of carbonyl (C=O) groups is 1. The molecule has 1 atom stereocenters. The predicted molar refractivity (Wildman–Crippen MR) is 56.7 cm³/mol. The number of thioether (sulfide) groups is 1. The van der Waals surface area contributed by atoms with Crippen molar-refractivity contribution in [1.82, 2.24) is 10.2 Å². The highest BCUT2D eigenvalue weighted by molar-refractivity contribution is 7.98. The summed E-state index contributed by atoms with van der Waals surface area (Å²) in [6.07, 6.45) is 0. The van der Waals surface area contributed by atoms with E-state index < -0.39 is 12.0 Å². The molecule has 0 aliphatic carbocycles. The Hall–Kier alpha value is -0.370. The molecule has 1 heterocycles. The Balaban J connectivity index is 2.25. The van der Waals surface area contributed by atoms with Crippen LogP contribution in [0.4, 0.5) is 0 Å². The summed E-state index contributed by atoms with van der Waals surface area (Å²) in [5.41, 5.74) is 5.31. The number of hydrogen-bond donors (Lipinski definition) is 2. The Bertz CT molecular complexity index is 320. The van der Waals surface area contributed by atoms with Gasteiger partial charge in [0.1, 0.15) is 11.0 Å². The van der Waals surface area contributed by atoms with Gasteiger partial charge in [0.05, 0.1) is 0 Å². The summed E-state index contributed by atoms with van der Waals surface area (Å²) >= 11 is 8.25. The summed E-state index contributed by atoms with van der Waals surface area (Å²) in [4.78, 5) is 10.4. The molecule has 3 N–H and O–H groups in total. The second kappa shape index (κ2) is 5.50. The molecule has 0 spiro atoms. The van der Waals surface area contributed by atoms with E-state index in [2.05, 4.69) is 10.2 Å². The van der Waals surface area contributed by atoms with Crippen LogP contribution in [-0.4, -0.2) is 33.1 Å². The smallest absolute Gasteiger partial charge is 0.321 e. The molecule has 0 unspecified atom stereocenters. The second-order valence-corrected chi connectivity index (χ2v) is 5.08. The van der Waals surface area contributed by atoms with Crippen LogP contribution in [0, 0.1) is 0 Å². The van der Waals surface area contributed by atoms with Crippen LogP contribution in [0.15, 0.2) is 0 Å². The maximum absolute atomic E-state index is 10.4. The van der Waals surface area contributed by atoms with Crippen molar-refractivity contribution in [2.45, 2.75) is 11.8 Å². The monoisotopic (exact) mass is 253 g/mol. The number of nitrogens with two attached hydrogens (primary N) is 1. The fourth-order valence-electron chi connectivity index (χ4n) is 0.636. The van der Waals surface area contributed by atoms with Gasteiger partial charge in [0.2, 0.25) is 4.47 Å². The Labute approximate surface area is 93.7 Å². The highest BCUT2D eigenvalue weighted by Crippen LogP contribution is 2.19. The first-order chi connectivity index (χ1) is 6.59. The lowest BCUT2D eigenvalue weighted by molar-refractivity contribution is -0.137. The molecular weight excluding hydrogens is 246 g/mol. The summed E-state index contributed by atoms with van der Waals surface area (Å²) in [6.45, 7) is 0. The first-order valence-corrected chi connectivity index (χ1v) is 5.98. The number of halogens is 1. The number of carboxylic acid groups (broad SMARTS) is 1. The third-order valence-corrected chi connectivity index (χ3v) is 3.56. The average molecular weight is 254 g/mol. The van der Waals surface area contributed by atoms with Gasteiger partial charge in [0.15, 0.2) is 0 Å². The maximum atomic E-state index is 10.4. The molecule has 0 bridgehead atoms. The van der Waals surface area contributed by atoms with E-state index in [0.717, 1.165) is 5.01 Å². The van der Waals surface area contributed by atoms with E-state index in [-0.39, 0.29) is 0 Å². The lowest BCUT2D eigenvalue weighted by Gasteiger charge is -2.03. The molecule has 0 radical (unpaired) electrons. The van der Waals surface area contributed by atoms with Crippen molar-refractivity contribution in [3.8, 4) is 0 Å². The SMILES string of the molecule is N[C@@H](CSCc1nnc(Cl)s1)C(=O)O. The fraction of sp³-hybridized carbons (Fsp3) is 0.500. The highest BCUT2D eigenvalue weighted by Gasteiger charge is 2.11. The number of rotatable bonds is 5. The van der Waals surface area contributed by atoms with Gasteiger partial charge in [0.25, 0.3) is 0 Å². The Morgan fingerprint density at radius 1 is 1.71 bits per heavy atom. The van der Waals surface area contributed by atoms with Crippen LogP contribution in [0.25, 0.3) is 0 Å². The Morgan fingerprint density at radius 3 is 2.93 bits per heavy atom. The molecule has 0 fully saturated rings. The number of nitrogens with zero attached hydrogens (tertiary/aromatic N) is 2. The number of aromatic nitrogens is 2. The van der Waals surface area contributed by atoms with Crippen molar-refractivity contribution in [2.75, 3.05) is 5.75 Å². The summed E-state index contributed by atoms with van der Waals surface area (Å²) in [7, 11) is 0. The largest absolute Gasteiger partial charge is 0.480 e. The van der Waals surface area contributed by atoms with Gasteiger partial charge in [-0.05, 0) is 11.6 Å². The first kappa shape index (κ1) is 11.7. The number of aliphatic carboxylic acids is 1. The zero-order valence-electron chi connectivity index (χ0n) is 7.01. The molecule has 0 saturated heterocycles. The standard InChI is InChI=1S/C6H8ClN3O2S2/c7-6-10-9-4(14-6)2-13-1-3(8)5(11)12/h3H,1-2,8H2,(H,11,12)/t3-/m0/s1. The average Bonchev–Trinajstić information content (AvgIpc) is 2.51. The molecule has 1 aromatic heterocycles. The summed E-state index contributed by atoms with van der Waals surface area (Å²) in [5.74, 6) is -0.0504. The van der Waals surface area contributed by atoms with Crippen LogP contribution >= 0.6 is 34.7 Å². The molecule has 0 aliphatic heterocycles.